The molecule has 2 atom stereocenters. The van der Waals surface area contributed by atoms with E-state index in [2.05, 4.69) is 0 Å². The maximum atomic E-state index is 10.2. The zero-order chi connectivity index (χ0) is 21.3. The number of carboxylic acids is 6. The van der Waals surface area contributed by atoms with Gasteiger partial charge in [-0.2, -0.15) is 0 Å². The van der Waals surface area contributed by atoms with E-state index in [-0.39, 0.29) is 61.3 Å². The third-order valence-electron chi connectivity index (χ3n) is 2.52. The topological polar surface area (TPSA) is 339 Å². The second-order valence-corrected chi connectivity index (χ2v) is 4.88. The van der Waals surface area contributed by atoms with E-state index >= 15 is 0 Å². The molecule has 0 bridgehead atoms. The number of hydrogen-bond donors (Lipinski definition) is 4. The van der Waals surface area contributed by atoms with E-state index in [9.17, 15) is 49.2 Å². The summed E-state index contributed by atoms with van der Waals surface area (Å²) < 4.78 is 0. The molecule has 0 aromatic heterocycles. The molecule has 16 nitrogen and oxygen atoms in total. The van der Waals surface area contributed by atoms with Crippen LogP contribution >= 0.6 is 0 Å². The average Bonchev–Trinajstić information content (AvgIpc) is 2.34. The van der Waals surface area contributed by atoms with Gasteiger partial charge in [0.15, 0.2) is 0 Å². The molecule has 0 aromatic carbocycles. The molecule has 0 aliphatic heterocycles. The molecular weight excluding hydrogens is 577 g/mol. The van der Waals surface area contributed by atoms with Crippen molar-refractivity contribution in [2.24, 2.45) is 0 Å². The minimum atomic E-state index is -2.91. The normalized spacial score (nSPS) is 12.2. The molecule has 0 aliphatic carbocycles. The van der Waals surface area contributed by atoms with Gasteiger partial charge in [0, 0.05) is 41.6 Å². The van der Waals surface area contributed by atoms with Crippen LogP contribution in [0.4, 0.5) is 0 Å². The van der Waals surface area contributed by atoms with Crippen molar-refractivity contribution in [3.05, 3.63) is 0 Å². The van der Waals surface area contributed by atoms with Crippen molar-refractivity contribution in [3.63, 3.8) is 0 Å². The second kappa shape index (κ2) is 20.1. The summed E-state index contributed by atoms with van der Waals surface area (Å²) in [5.74, 6) is -11.3. The predicted molar refractivity (Wildman–Crippen MR) is 70.9 cm³/mol. The van der Waals surface area contributed by atoms with E-state index in [1.807, 2.05) is 0 Å². The molecule has 0 rings (SSSR count). The van der Waals surface area contributed by atoms with Crippen LogP contribution in [0, 0.1) is 0 Å². The predicted octanol–water partition coefficient (Wildman–Crippen LogP) is -9.49. The first kappa shape index (κ1) is 47.1. The zero-order valence-corrected chi connectivity index (χ0v) is 17.8. The Labute approximate surface area is 203 Å². The van der Waals surface area contributed by atoms with Crippen molar-refractivity contribution < 1.29 is 131 Å². The number of carbonyl (C=O) groups is 6. The molecule has 3 radical (unpaired) electrons. The van der Waals surface area contributed by atoms with E-state index in [4.69, 9.17) is 20.4 Å². The van der Waals surface area contributed by atoms with Crippen LogP contribution in [0.1, 0.15) is 25.7 Å². The Balaban J connectivity index is -0.0000000640. The average molecular weight is 593 g/mol. The van der Waals surface area contributed by atoms with E-state index in [1.54, 1.807) is 0 Å². The van der Waals surface area contributed by atoms with Gasteiger partial charge in [-0.05, 0) is 0 Å². The van der Waals surface area contributed by atoms with E-state index in [0.717, 1.165) is 0 Å². The van der Waals surface area contributed by atoms with E-state index < -0.39 is 72.7 Å². The molecule has 0 saturated carbocycles. The molecular formula is C12H16Co3O16. The number of carbonyl (C=O) groups excluding carboxylic acids is 4. The fourth-order valence-corrected chi connectivity index (χ4v) is 1.39. The Kier molecular flexibility index (Phi) is 30.5. The van der Waals surface area contributed by atoms with Crippen LogP contribution in [0.25, 0.3) is 0 Å². The van der Waals surface area contributed by atoms with Crippen molar-refractivity contribution >= 4 is 35.8 Å². The molecule has 0 heterocycles. The van der Waals surface area contributed by atoms with Crippen LogP contribution in [0.15, 0.2) is 0 Å². The Hall–Kier alpha value is -1.82. The molecule has 19 heteroatoms. The summed E-state index contributed by atoms with van der Waals surface area (Å²) in [7, 11) is 0. The molecule has 0 fully saturated rings. The summed E-state index contributed by atoms with van der Waals surface area (Å²) in [5, 5.41) is 74.5. The van der Waals surface area contributed by atoms with Crippen LogP contribution in [0.2, 0.25) is 0 Å². The number of aliphatic carboxylic acids is 6. The Morgan fingerprint density at radius 1 is 0.581 bits per heavy atom. The summed E-state index contributed by atoms with van der Waals surface area (Å²) in [6.07, 6.45) is -5.13. The van der Waals surface area contributed by atoms with E-state index in [1.165, 1.54) is 0 Å². The first-order chi connectivity index (χ1) is 11.6. The molecule has 31 heavy (non-hydrogen) atoms. The summed E-state index contributed by atoms with van der Waals surface area (Å²) >= 11 is 0. The second-order valence-electron chi connectivity index (χ2n) is 4.88. The van der Waals surface area contributed by atoms with Crippen LogP contribution in [-0.4, -0.2) is 78.4 Å². The van der Waals surface area contributed by atoms with E-state index in [0.29, 0.717) is 0 Å². The Morgan fingerprint density at radius 3 is 0.871 bits per heavy atom. The van der Waals surface area contributed by atoms with Gasteiger partial charge in [-0.25, -0.2) is 0 Å². The van der Waals surface area contributed by atoms with Crippen molar-refractivity contribution in [3.8, 4) is 0 Å². The van der Waals surface area contributed by atoms with Crippen molar-refractivity contribution in [1.29, 1.82) is 0 Å². The van der Waals surface area contributed by atoms with Crippen molar-refractivity contribution in [1.82, 2.24) is 0 Å². The number of hydrogen-bond acceptors (Lipinski definition) is 12. The third-order valence-corrected chi connectivity index (χ3v) is 2.52. The van der Waals surface area contributed by atoms with Crippen LogP contribution in [-0.2, 0) is 79.1 Å². The SMILES string of the molecule is O.O.O=C([O-])CC(O)(CC(=O)O)C(=O)[O-].O=C([O-])CC(O)(CC(=O)O)C(=O)[O-].[Co+2].[Co+2].[Co]. The summed E-state index contributed by atoms with van der Waals surface area (Å²) in [6, 6.07) is 0. The van der Waals surface area contributed by atoms with Crippen LogP contribution in [0.3, 0.4) is 0 Å². The molecule has 0 spiro atoms. The Bertz CT molecular complexity index is 523. The Morgan fingerprint density at radius 2 is 0.774 bits per heavy atom. The van der Waals surface area contributed by atoms with Gasteiger partial charge < -0.3 is 71.0 Å². The minimum absolute atomic E-state index is 0. The summed E-state index contributed by atoms with van der Waals surface area (Å²) in [4.78, 5) is 60.3. The van der Waals surface area contributed by atoms with Crippen LogP contribution in [0.5, 0.6) is 0 Å². The largest absolute Gasteiger partial charge is 2.00 e. The maximum Gasteiger partial charge on any atom is 2.00 e. The fourth-order valence-electron chi connectivity index (χ4n) is 1.39. The fraction of sp³-hybridized carbons (Fsp3) is 0.500. The first-order valence-corrected chi connectivity index (χ1v) is 6.26. The van der Waals surface area contributed by atoms with Crippen molar-refractivity contribution in [2.75, 3.05) is 0 Å². The molecule has 0 saturated heterocycles. The van der Waals surface area contributed by atoms with Crippen LogP contribution < -0.4 is 20.4 Å². The standard InChI is InChI=1S/2C6H8O7.3Co.2H2O/c2*7-3(8)1-6(13,5(11)12)2-4(9)10;;;;;/h2*13H,1-2H2,(H,7,8)(H,9,10)(H,11,12);;;;2*1H2/q;;;2*+2;;/p-4. The number of rotatable bonds is 10. The summed E-state index contributed by atoms with van der Waals surface area (Å²) in [6.45, 7) is 0. The van der Waals surface area contributed by atoms with Gasteiger partial charge in [-0.15, -0.1) is 0 Å². The van der Waals surface area contributed by atoms with Crippen molar-refractivity contribution in [2.45, 2.75) is 36.9 Å². The number of carboxylic acid groups (broad SMARTS) is 6. The maximum absolute atomic E-state index is 10.2. The van der Waals surface area contributed by atoms with Gasteiger partial charge in [-0.1, -0.05) is 0 Å². The van der Waals surface area contributed by atoms with Gasteiger partial charge >= 0.3 is 45.5 Å². The smallest absolute Gasteiger partial charge is 0.550 e. The minimum Gasteiger partial charge on any atom is -0.550 e. The van der Waals surface area contributed by atoms with Gasteiger partial charge in [0.1, 0.15) is 11.2 Å². The number of aliphatic hydroxyl groups is 2. The van der Waals surface area contributed by atoms with Gasteiger partial charge in [0.2, 0.25) is 0 Å². The molecule has 8 N–H and O–H groups in total. The molecule has 0 amide bonds. The van der Waals surface area contributed by atoms with Gasteiger partial charge in [0.25, 0.3) is 0 Å². The molecule has 187 valence electrons. The monoisotopic (exact) mass is 593 g/mol. The quantitative estimate of drug-likeness (QED) is 0.183. The van der Waals surface area contributed by atoms with Gasteiger partial charge in [0.05, 0.1) is 24.8 Å². The molecule has 2 unspecified atom stereocenters. The van der Waals surface area contributed by atoms with Gasteiger partial charge in [-0.3, -0.25) is 9.59 Å². The molecule has 0 aliphatic rings. The summed E-state index contributed by atoms with van der Waals surface area (Å²) in [5.41, 5.74) is -5.82. The molecule has 0 aromatic rings. The zero-order valence-electron chi connectivity index (χ0n) is 14.7. The first-order valence-electron chi connectivity index (χ1n) is 6.26. The third kappa shape index (κ3) is 21.2.